The van der Waals surface area contributed by atoms with E-state index in [1.807, 2.05) is 6.07 Å². The van der Waals surface area contributed by atoms with Gasteiger partial charge in [-0.25, -0.2) is 0 Å². The second-order valence-electron chi connectivity index (χ2n) is 5.40. The Hall–Kier alpha value is -1.45. The minimum absolute atomic E-state index is 0.470. The van der Waals surface area contributed by atoms with E-state index in [0.29, 0.717) is 17.6 Å². The van der Waals surface area contributed by atoms with Crippen LogP contribution in [0.5, 0.6) is 5.88 Å². The monoisotopic (exact) mass is 249 g/mol. The maximum absolute atomic E-state index is 5.94. The number of pyridine rings is 1. The molecule has 1 fully saturated rings. The molecule has 1 aliphatic carbocycles. The zero-order valence-electron chi connectivity index (χ0n) is 11.4. The minimum atomic E-state index is 0.470. The molecule has 4 heteroatoms. The Morgan fingerprint density at radius 2 is 2.06 bits per heavy atom. The Labute approximate surface area is 109 Å². The van der Waals surface area contributed by atoms with E-state index in [-0.39, 0.29) is 0 Å². The summed E-state index contributed by atoms with van der Waals surface area (Å²) in [6.07, 6.45) is 3.63. The van der Waals surface area contributed by atoms with Crippen molar-refractivity contribution in [3.63, 3.8) is 0 Å². The lowest BCUT2D eigenvalue weighted by atomic mass is 9.79. The van der Waals surface area contributed by atoms with Crippen LogP contribution < -0.4 is 15.8 Å². The first-order valence-electron chi connectivity index (χ1n) is 6.67. The number of nitrogens with zero attached hydrogens (tertiary/aromatic N) is 1. The van der Waals surface area contributed by atoms with Crippen molar-refractivity contribution in [2.75, 3.05) is 18.2 Å². The summed E-state index contributed by atoms with van der Waals surface area (Å²) in [5.74, 6) is 2.92. The van der Waals surface area contributed by atoms with Gasteiger partial charge >= 0.3 is 0 Å². The molecule has 3 atom stereocenters. The van der Waals surface area contributed by atoms with Crippen LogP contribution in [0.3, 0.4) is 0 Å². The van der Waals surface area contributed by atoms with Gasteiger partial charge in [-0.2, -0.15) is 4.98 Å². The number of ether oxygens (including phenoxy) is 1. The first-order valence-corrected chi connectivity index (χ1v) is 6.67. The molecule has 0 amide bonds. The Kier molecular flexibility index (Phi) is 3.94. The highest BCUT2D eigenvalue weighted by Crippen LogP contribution is 2.32. The summed E-state index contributed by atoms with van der Waals surface area (Å²) in [6, 6.07) is 4.09. The normalized spacial score (nSPS) is 27.8. The van der Waals surface area contributed by atoms with Crippen LogP contribution in [0.4, 0.5) is 11.5 Å². The van der Waals surface area contributed by atoms with Crippen LogP contribution in [0.2, 0.25) is 0 Å². The molecule has 2 rings (SSSR count). The fourth-order valence-electron chi connectivity index (χ4n) is 2.55. The van der Waals surface area contributed by atoms with Crippen molar-refractivity contribution in [3.05, 3.63) is 12.1 Å². The molecule has 0 aromatic carbocycles. The summed E-state index contributed by atoms with van der Waals surface area (Å²) >= 11 is 0. The molecule has 0 saturated heterocycles. The van der Waals surface area contributed by atoms with E-state index >= 15 is 0 Å². The lowest BCUT2D eigenvalue weighted by Gasteiger charge is -2.33. The Bertz CT molecular complexity index is 408. The predicted octanol–water partition coefficient (Wildman–Crippen LogP) is 2.91. The van der Waals surface area contributed by atoms with E-state index in [1.165, 1.54) is 19.3 Å². The van der Waals surface area contributed by atoms with E-state index in [4.69, 9.17) is 10.5 Å². The third kappa shape index (κ3) is 2.86. The molecule has 3 unspecified atom stereocenters. The molecule has 1 heterocycles. The van der Waals surface area contributed by atoms with Crippen LogP contribution in [-0.2, 0) is 0 Å². The lowest BCUT2D eigenvalue weighted by molar-refractivity contribution is 0.260. The van der Waals surface area contributed by atoms with Gasteiger partial charge in [0.1, 0.15) is 0 Å². The van der Waals surface area contributed by atoms with Crippen molar-refractivity contribution in [2.45, 2.75) is 39.2 Å². The second-order valence-corrected chi connectivity index (χ2v) is 5.40. The first-order chi connectivity index (χ1) is 8.60. The van der Waals surface area contributed by atoms with Crippen LogP contribution in [0.15, 0.2) is 12.1 Å². The highest BCUT2D eigenvalue weighted by molar-refractivity contribution is 5.62. The summed E-state index contributed by atoms with van der Waals surface area (Å²) in [7, 11) is 1.62. The molecule has 0 aliphatic heterocycles. The van der Waals surface area contributed by atoms with Crippen molar-refractivity contribution in [1.29, 1.82) is 0 Å². The molecule has 3 N–H and O–H groups in total. The summed E-state index contributed by atoms with van der Waals surface area (Å²) in [6.45, 7) is 4.65. The van der Waals surface area contributed by atoms with E-state index in [9.17, 15) is 0 Å². The van der Waals surface area contributed by atoms with Gasteiger partial charge in [0.05, 0.1) is 12.8 Å². The molecule has 1 aliphatic rings. The third-order valence-corrected chi connectivity index (χ3v) is 4.05. The zero-order valence-corrected chi connectivity index (χ0v) is 11.4. The van der Waals surface area contributed by atoms with Crippen molar-refractivity contribution in [3.8, 4) is 5.88 Å². The average Bonchev–Trinajstić information content (AvgIpc) is 2.36. The van der Waals surface area contributed by atoms with Gasteiger partial charge in [-0.15, -0.1) is 0 Å². The van der Waals surface area contributed by atoms with Crippen LogP contribution in [0.1, 0.15) is 33.1 Å². The van der Waals surface area contributed by atoms with Gasteiger partial charge < -0.3 is 15.8 Å². The Morgan fingerprint density at radius 1 is 1.28 bits per heavy atom. The third-order valence-electron chi connectivity index (χ3n) is 4.05. The molecule has 18 heavy (non-hydrogen) atoms. The van der Waals surface area contributed by atoms with Gasteiger partial charge in [0.2, 0.25) is 5.88 Å². The Balaban J connectivity index is 2.05. The number of nitrogens with one attached hydrogen (secondary N) is 1. The van der Waals surface area contributed by atoms with Gasteiger partial charge in [0.15, 0.2) is 5.82 Å². The molecule has 1 saturated carbocycles. The van der Waals surface area contributed by atoms with Crippen molar-refractivity contribution in [2.24, 2.45) is 11.8 Å². The molecule has 0 radical (unpaired) electrons. The molecular weight excluding hydrogens is 226 g/mol. The van der Waals surface area contributed by atoms with Gasteiger partial charge in [-0.1, -0.05) is 13.8 Å². The van der Waals surface area contributed by atoms with Gasteiger partial charge in [-0.3, -0.25) is 0 Å². The van der Waals surface area contributed by atoms with Crippen LogP contribution in [0, 0.1) is 11.8 Å². The SMILES string of the molecule is COc1ccc(N)c(NC2CCC(C)C(C)C2)n1. The quantitative estimate of drug-likeness (QED) is 0.864. The summed E-state index contributed by atoms with van der Waals surface area (Å²) < 4.78 is 5.13. The number of hydrogen-bond acceptors (Lipinski definition) is 4. The van der Waals surface area contributed by atoms with Gasteiger partial charge in [0, 0.05) is 12.1 Å². The highest BCUT2D eigenvalue weighted by atomic mass is 16.5. The maximum Gasteiger partial charge on any atom is 0.215 e. The number of hydrogen-bond donors (Lipinski definition) is 2. The smallest absolute Gasteiger partial charge is 0.215 e. The van der Waals surface area contributed by atoms with Crippen molar-refractivity contribution >= 4 is 11.5 Å². The van der Waals surface area contributed by atoms with E-state index in [1.54, 1.807) is 13.2 Å². The molecular formula is C14H23N3O. The summed E-state index contributed by atoms with van der Waals surface area (Å²) in [5.41, 5.74) is 6.63. The largest absolute Gasteiger partial charge is 0.481 e. The topological polar surface area (TPSA) is 60.2 Å². The van der Waals surface area contributed by atoms with Gasteiger partial charge in [0.25, 0.3) is 0 Å². The second kappa shape index (κ2) is 5.46. The van der Waals surface area contributed by atoms with Crippen LogP contribution in [-0.4, -0.2) is 18.1 Å². The van der Waals surface area contributed by atoms with Crippen LogP contribution >= 0.6 is 0 Å². The number of rotatable bonds is 3. The Morgan fingerprint density at radius 3 is 2.72 bits per heavy atom. The van der Waals surface area contributed by atoms with Crippen molar-refractivity contribution in [1.82, 2.24) is 4.98 Å². The number of nitrogen functional groups attached to an aromatic ring is 1. The van der Waals surface area contributed by atoms with Crippen LogP contribution in [0.25, 0.3) is 0 Å². The molecule has 0 bridgehead atoms. The lowest BCUT2D eigenvalue weighted by Crippen LogP contribution is -2.30. The first kappa shape index (κ1) is 13.0. The molecule has 1 aromatic heterocycles. The fourth-order valence-corrected chi connectivity index (χ4v) is 2.55. The highest BCUT2D eigenvalue weighted by Gasteiger charge is 2.25. The van der Waals surface area contributed by atoms with E-state index in [0.717, 1.165) is 17.7 Å². The number of anilines is 2. The fraction of sp³-hybridized carbons (Fsp3) is 0.643. The minimum Gasteiger partial charge on any atom is -0.481 e. The molecule has 4 nitrogen and oxygen atoms in total. The maximum atomic E-state index is 5.94. The van der Waals surface area contributed by atoms with E-state index < -0.39 is 0 Å². The van der Waals surface area contributed by atoms with Crippen molar-refractivity contribution < 1.29 is 4.74 Å². The zero-order chi connectivity index (χ0) is 13.1. The standard InChI is InChI=1S/C14H23N3O/c1-9-4-5-11(8-10(9)2)16-14-12(15)6-7-13(17-14)18-3/h6-7,9-11H,4-5,8,15H2,1-3H3,(H,16,17). The summed E-state index contributed by atoms with van der Waals surface area (Å²) in [5, 5.41) is 3.46. The van der Waals surface area contributed by atoms with Gasteiger partial charge in [-0.05, 0) is 37.2 Å². The number of nitrogens with two attached hydrogens (primary N) is 1. The molecule has 100 valence electrons. The summed E-state index contributed by atoms with van der Waals surface area (Å²) in [4.78, 5) is 4.37. The molecule has 0 spiro atoms. The van der Waals surface area contributed by atoms with E-state index in [2.05, 4.69) is 24.1 Å². The molecule has 1 aromatic rings. The average molecular weight is 249 g/mol. The number of methoxy groups -OCH3 is 1. The predicted molar refractivity (Wildman–Crippen MR) is 74.8 cm³/mol. The number of aromatic nitrogens is 1.